The van der Waals surface area contributed by atoms with Crippen LogP contribution in [0.5, 0.6) is 0 Å². The second-order valence-corrected chi connectivity index (χ2v) is 6.26. The average Bonchev–Trinajstić information content (AvgIpc) is 3.16. The van der Waals surface area contributed by atoms with Gasteiger partial charge in [0.05, 0.1) is 12.9 Å². The summed E-state index contributed by atoms with van der Waals surface area (Å²) in [7, 11) is 1.28. The molecule has 27 heavy (non-hydrogen) atoms. The molecule has 1 aromatic carbocycles. The fourth-order valence-electron chi connectivity index (χ4n) is 2.09. The van der Waals surface area contributed by atoms with Gasteiger partial charge in [0.15, 0.2) is 5.82 Å². The molecular weight excluding hydrogens is 373 g/mol. The number of anilines is 1. The van der Waals surface area contributed by atoms with Crippen molar-refractivity contribution >= 4 is 29.5 Å². The number of carbonyl (C=O) groups excluding carboxylic acids is 2. The van der Waals surface area contributed by atoms with Gasteiger partial charge in [0.25, 0.3) is 5.91 Å². The van der Waals surface area contributed by atoms with E-state index in [-0.39, 0.29) is 17.1 Å². The summed E-state index contributed by atoms with van der Waals surface area (Å²) >= 11 is 1.35. The highest BCUT2D eigenvalue weighted by Gasteiger charge is 2.12. The fraction of sp³-hybridized carbons (Fsp3) is 0.111. The van der Waals surface area contributed by atoms with Crippen LogP contribution in [0.4, 0.5) is 10.2 Å². The van der Waals surface area contributed by atoms with E-state index in [1.807, 2.05) is 0 Å². The largest absolute Gasteiger partial charge is 0.463 e. The predicted molar refractivity (Wildman–Crippen MR) is 96.0 cm³/mol. The molecule has 7 nitrogen and oxygen atoms in total. The zero-order chi connectivity index (χ0) is 19.2. The van der Waals surface area contributed by atoms with Gasteiger partial charge >= 0.3 is 5.97 Å². The number of nitrogens with zero attached hydrogens (tertiary/aromatic N) is 2. The molecule has 0 unspecified atom stereocenters. The minimum absolute atomic E-state index is 0.134. The zero-order valence-corrected chi connectivity index (χ0v) is 15.0. The molecule has 9 heteroatoms. The van der Waals surface area contributed by atoms with Crippen LogP contribution in [0.2, 0.25) is 0 Å². The number of nitrogens with one attached hydrogen (secondary N) is 1. The number of esters is 1. The second kappa shape index (κ2) is 8.45. The van der Waals surface area contributed by atoms with E-state index in [4.69, 9.17) is 4.42 Å². The summed E-state index contributed by atoms with van der Waals surface area (Å²) in [6, 6.07) is 11.9. The summed E-state index contributed by atoms with van der Waals surface area (Å²) in [6.45, 7) is 0. The van der Waals surface area contributed by atoms with E-state index in [1.54, 1.807) is 24.3 Å². The van der Waals surface area contributed by atoms with Crippen LogP contribution < -0.4 is 5.32 Å². The minimum Gasteiger partial charge on any atom is -0.463 e. The van der Waals surface area contributed by atoms with E-state index in [9.17, 15) is 14.0 Å². The highest BCUT2D eigenvalue weighted by atomic mass is 32.2. The first-order valence-electron chi connectivity index (χ1n) is 7.75. The van der Waals surface area contributed by atoms with Crippen molar-refractivity contribution < 1.29 is 23.1 Å². The van der Waals surface area contributed by atoms with Gasteiger partial charge < -0.3 is 14.5 Å². The number of benzene rings is 1. The molecule has 0 saturated heterocycles. The quantitative estimate of drug-likeness (QED) is 0.511. The van der Waals surface area contributed by atoms with Crippen molar-refractivity contribution in [2.45, 2.75) is 10.8 Å². The Hall–Kier alpha value is -3.20. The van der Waals surface area contributed by atoms with Gasteiger partial charge in [0.1, 0.15) is 16.6 Å². The van der Waals surface area contributed by atoms with Gasteiger partial charge in [0, 0.05) is 5.56 Å². The molecule has 3 aromatic rings. The number of thioether (sulfide) groups is 1. The number of furan rings is 1. The van der Waals surface area contributed by atoms with Crippen LogP contribution in [0, 0.1) is 5.82 Å². The van der Waals surface area contributed by atoms with Gasteiger partial charge in [0.2, 0.25) is 5.76 Å². The lowest BCUT2D eigenvalue weighted by atomic mass is 10.2. The molecule has 0 aliphatic carbocycles. The molecule has 0 aliphatic rings. The fourth-order valence-corrected chi connectivity index (χ4v) is 2.80. The Balaban J connectivity index is 1.56. The third-order valence-electron chi connectivity index (χ3n) is 3.38. The van der Waals surface area contributed by atoms with Crippen LogP contribution in [0.1, 0.15) is 26.7 Å². The third kappa shape index (κ3) is 4.91. The van der Waals surface area contributed by atoms with Gasteiger partial charge in [-0.3, -0.25) is 4.79 Å². The molecule has 0 fully saturated rings. The van der Waals surface area contributed by atoms with E-state index in [1.165, 1.54) is 37.1 Å². The number of ether oxygens (including phenoxy) is 1. The first-order valence-corrected chi connectivity index (χ1v) is 8.74. The lowest BCUT2D eigenvalue weighted by molar-refractivity contribution is 0.0563. The Morgan fingerprint density at radius 1 is 1.19 bits per heavy atom. The molecule has 0 atom stereocenters. The summed E-state index contributed by atoms with van der Waals surface area (Å²) < 4.78 is 23.1. The minimum atomic E-state index is -0.538. The summed E-state index contributed by atoms with van der Waals surface area (Å²) in [5.74, 6) is -0.0890. The number of hydrogen-bond acceptors (Lipinski definition) is 7. The molecule has 1 amide bonds. The maximum atomic E-state index is 13.2. The molecule has 0 aliphatic heterocycles. The van der Waals surface area contributed by atoms with E-state index in [2.05, 4.69) is 20.3 Å². The number of carbonyl (C=O) groups is 2. The van der Waals surface area contributed by atoms with Crippen molar-refractivity contribution in [2.24, 2.45) is 0 Å². The Morgan fingerprint density at radius 2 is 2.04 bits per heavy atom. The topological polar surface area (TPSA) is 94.3 Å². The monoisotopic (exact) mass is 387 g/mol. The van der Waals surface area contributed by atoms with Gasteiger partial charge in [-0.2, -0.15) is 0 Å². The molecule has 1 N–H and O–H groups in total. The maximum absolute atomic E-state index is 13.2. The number of hydrogen-bond donors (Lipinski definition) is 1. The first-order chi connectivity index (χ1) is 13.0. The second-order valence-electron chi connectivity index (χ2n) is 5.27. The average molecular weight is 387 g/mol. The smallest absolute Gasteiger partial charge is 0.373 e. The molecule has 2 aromatic heterocycles. The summed E-state index contributed by atoms with van der Waals surface area (Å²) in [5.41, 5.74) is 0.189. The molecule has 138 valence electrons. The predicted octanol–water partition coefficient (Wildman–Crippen LogP) is 3.54. The van der Waals surface area contributed by atoms with Crippen molar-refractivity contribution in [1.82, 2.24) is 10.2 Å². The standard InChI is InChI=1S/C18H14FN3O4S/c1-25-18(24)14-6-5-13(26-14)10-27-16-8-7-15(21-22-16)20-17(23)11-3-2-4-12(19)9-11/h2-9H,10H2,1H3,(H,20,21,23). The van der Waals surface area contributed by atoms with Crippen molar-refractivity contribution in [3.8, 4) is 0 Å². The van der Waals surface area contributed by atoms with Crippen molar-refractivity contribution in [2.75, 3.05) is 12.4 Å². The number of amides is 1. The summed E-state index contributed by atoms with van der Waals surface area (Å²) in [4.78, 5) is 23.4. The normalized spacial score (nSPS) is 10.4. The summed E-state index contributed by atoms with van der Waals surface area (Å²) in [6.07, 6.45) is 0. The SMILES string of the molecule is COC(=O)c1ccc(CSc2ccc(NC(=O)c3cccc(F)c3)nn2)o1. The van der Waals surface area contributed by atoms with E-state index < -0.39 is 17.7 Å². The van der Waals surface area contributed by atoms with Crippen LogP contribution in [0.15, 0.2) is 58.0 Å². The van der Waals surface area contributed by atoms with Crippen LogP contribution in [0.3, 0.4) is 0 Å². The van der Waals surface area contributed by atoms with Crippen LogP contribution in [-0.2, 0) is 10.5 Å². The van der Waals surface area contributed by atoms with Crippen LogP contribution >= 0.6 is 11.8 Å². The Kier molecular flexibility index (Phi) is 5.82. The van der Waals surface area contributed by atoms with Gasteiger partial charge in [-0.05, 0) is 42.5 Å². The van der Waals surface area contributed by atoms with E-state index >= 15 is 0 Å². The first kappa shape index (κ1) is 18.6. The van der Waals surface area contributed by atoms with Gasteiger partial charge in [-0.25, -0.2) is 9.18 Å². The van der Waals surface area contributed by atoms with Gasteiger partial charge in [-0.15, -0.1) is 10.2 Å². The highest BCUT2D eigenvalue weighted by Crippen LogP contribution is 2.22. The maximum Gasteiger partial charge on any atom is 0.373 e. The Morgan fingerprint density at radius 3 is 2.74 bits per heavy atom. The van der Waals surface area contributed by atoms with Crippen molar-refractivity contribution in [1.29, 1.82) is 0 Å². The molecule has 3 rings (SSSR count). The Labute approximate surface area is 157 Å². The number of rotatable bonds is 6. The molecule has 0 spiro atoms. The molecule has 2 heterocycles. The molecule has 0 bridgehead atoms. The molecule has 0 saturated carbocycles. The number of aromatic nitrogens is 2. The van der Waals surface area contributed by atoms with E-state index in [0.717, 1.165) is 6.07 Å². The lowest BCUT2D eigenvalue weighted by Gasteiger charge is -2.04. The van der Waals surface area contributed by atoms with Gasteiger partial charge in [-0.1, -0.05) is 17.8 Å². The zero-order valence-electron chi connectivity index (χ0n) is 14.1. The van der Waals surface area contributed by atoms with Crippen molar-refractivity contribution in [3.63, 3.8) is 0 Å². The number of halogens is 1. The lowest BCUT2D eigenvalue weighted by Crippen LogP contribution is -2.13. The number of methoxy groups -OCH3 is 1. The molecular formula is C18H14FN3O4S. The van der Waals surface area contributed by atoms with Crippen molar-refractivity contribution in [3.05, 3.63) is 71.4 Å². The third-order valence-corrected chi connectivity index (χ3v) is 4.32. The van der Waals surface area contributed by atoms with Crippen LogP contribution in [0.25, 0.3) is 0 Å². The Bertz CT molecular complexity index is 959. The highest BCUT2D eigenvalue weighted by molar-refractivity contribution is 7.98. The molecule has 0 radical (unpaired) electrons. The van der Waals surface area contributed by atoms with Crippen LogP contribution in [-0.4, -0.2) is 29.2 Å². The summed E-state index contributed by atoms with van der Waals surface area (Å²) in [5, 5.41) is 11.1. The van der Waals surface area contributed by atoms with E-state index in [0.29, 0.717) is 16.5 Å².